The minimum atomic E-state index is -0.326. The summed E-state index contributed by atoms with van der Waals surface area (Å²) in [6.07, 6.45) is 3.04. The van der Waals surface area contributed by atoms with Gasteiger partial charge in [-0.25, -0.2) is 4.79 Å². The van der Waals surface area contributed by atoms with E-state index < -0.39 is 0 Å². The second kappa shape index (κ2) is 11.0. The van der Waals surface area contributed by atoms with Crippen LogP contribution in [0.1, 0.15) is 57.3 Å². The second-order valence-electron chi connectivity index (χ2n) is 6.57. The van der Waals surface area contributed by atoms with Crippen LogP contribution in [0.25, 0.3) is 0 Å². The zero-order chi connectivity index (χ0) is 17.3. The molecule has 0 aliphatic heterocycles. The van der Waals surface area contributed by atoms with Gasteiger partial charge in [0.25, 0.3) is 0 Å². The number of carbonyl (C=O) groups is 2. The van der Waals surface area contributed by atoms with Crippen LogP contribution in [0.4, 0.5) is 5.69 Å². The molecule has 6 heteroatoms. The molecule has 0 radical (unpaired) electrons. The average molecular weight is 357 g/mol. The molecule has 136 valence electrons. The number of amides is 1. The van der Waals surface area contributed by atoms with Gasteiger partial charge in [-0.3, -0.25) is 4.79 Å². The summed E-state index contributed by atoms with van der Waals surface area (Å²) in [5.41, 5.74) is 1.04. The second-order valence-corrected chi connectivity index (χ2v) is 6.57. The van der Waals surface area contributed by atoms with Crippen molar-refractivity contribution in [3.8, 4) is 0 Å². The number of ether oxygens (including phenoxy) is 1. The first-order chi connectivity index (χ1) is 10.8. The van der Waals surface area contributed by atoms with Crippen molar-refractivity contribution in [2.75, 3.05) is 18.5 Å². The normalized spacial score (nSPS) is 10.7. The number of hydrogen-bond acceptors (Lipinski definition) is 4. The summed E-state index contributed by atoms with van der Waals surface area (Å²) in [4.78, 5) is 23.7. The first-order valence-corrected chi connectivity index (χ1v) is 8.14. The number of anilines is 1. The summed E-state index contributed by atoms with van der Waals surface area (Å²) in [7, 11) is 0. The molecule has 0 unspecified atom stereocenters. The fraction of sp³-hybridized carbons (Fsp3) is 0.556. The van der Waals surface area contributed by atoms with Gasteiger partial charge in [0.15, 0.2) is 0 Å². The van der Waals surface area contributed by atoms with Crippen molar-refractivity contribution in [1.29, 1.82) is 0 Å². The van der Waals surface area contributed by atoms with Crippen LogP contribution in [0.3, 0.4) is 0 Å². The first-order valence-electron chi connectivity index (χ1n) is 8.14. The van der Waals surface area contributed by atoms with Crippen LogP contribution < -0.4 is 10.6 Å². The highest BCUT2D eigenvalue weighted by molar-refractivity contribution is 5.94. The van der Waals surface area contributed by atoms with Crippen LogP contribution in [0, 0.1) is 0 Å². The molecule has 1 aromatic carbocycles. The van der Waals surface area contributed by atoms with E-state index in [1.807, 2.05) is 20.8 Å². The smallest absolute Gasteiger partial charge is 0.338 e. The van der Waals surface area contributed by atoms with Gasteiger partial charge in [0, 0.05) is 11.2 Å². The maximum Gasteiger partial charge on any atom is 0.338 e. The van der Waals surface area contributed by atoms with Crippen molar-refractivity contribution in [2.24, 2.45) is 0 Å². The average Bonchev–Trinajstić information content (AvgIpc) is 2.49. The van der Waals surface area contributed by atoms with E-state index >= 15 is 0 Å². The Labute approximate surface area is 151 Å². The molecule has 0 aliphatic rings. The lowest BCUT2D eigenvalue weighted by Gasteiger charge is -2.20. The maximum absolute atomic E-state index is 11.8. The number of rotatable bonds is 8. The number of hydrogen-bond donors (Lipinski definition) is 2. The Morgan fingerprint density at radius 1 is 1.08 bits per heavy atom. The summed E-state index contributed by atoms with van der Waals surface area (Å²) in [6, 6.07) is 6.74. The fourth-order valence-corrected chi connectivity index (χ4v) is 1.84. The van der Waals surface area contributed by atoms with Gasteiger partial charge < -0.3 is 15.4 Å². The predicted octanol–water partition coefficient (Wildman–Crippen LogP) is 3.78. The molecular weight excluding hydrogens is 328 g/mol. The first kappa shape index (κ1) is 22.4. The van der Waals surface area contributed by atoms with E-state index in [1.165, 1.54) is 0 Å². The van der Waals surface area contributed by atoms with Crippen LogP contribution in [-0.2, 0) is 9.53 Å². The molecule has 0 atom stereocenters. The van der Waals surface area contributed by atoms with Crippen molar-refractivity contribution >= 4 is 30.0 Å². The molecule has 0 saturated heterocycles. The Morgan fingerprint density at radius 3 is 2.25 bits per heavy atom. The zero-order valence-corrected chi connectivity index (χ0v) is 15.8. The monoisotopic (exact) mass is 356 g/mol. The number of esters is 1. The molecule has 1 rings (SSSR count). The molecule has 1 amide bonds. The lowest BCUT2D eigenvalue weighted by molar-refractivity contribution is -0.115. The highest BCUT2D eigenvalue weighted by Gasteiger charge is 2.12. The Balaban J connectivity index is 0.00000529. The number of unbranched alkanes of at least 4 members (excludes halogenated alkanes) is 2. The summed E-state index contributed by atoms with van der Waals surface area (Å²) in [5.74, 6) is -0.441. The zero-order valence-electron chi connectivity index (χ0n) is 15.0. The lowest BCUT2D eigenvalue weighted by Crippen LogP contribution is -2.41. The van der Waals surface area contributed by atoms with Gasteiger partial charge in [-0.2, -0.15) is 0 Å². The van der Waals surface area contributed by atoms with Gasteiger partial charge in [0.2, 0.25) is 5.91 Å². The molecule has 2 N–H and O–H groups in total. The third-order valence-corrected chi connectivity index (χ3v) is 3.16. The topological polar surface area (TPSA) is 67.4 Å². The van der Waals surface area contributed by atoms with Crippen LogP contribution in [-0.4, -0.2) is 30.6 Å². The minimum Gasteiger partial charge on any atom is -0.462 e. The molecule has 0 heterocycles. The van der Waals surface area contributed by atoms with Gasteiger partial charge in [-0.1, -0.05) is 19.8 Å². The van der Waals surface area contributed by atoms with Crippen molar-refractivity contribution in [1.82, 2.24) is 5.32 Å². The molecule has 1 aromatic rings. The number of carbonyl (C=O) groups excluding carboxylic acids is 2. The fourth-order valence-electron chi connectivity index (χ4n) is 1.84. The molecule has 5 nitrogen and oxygen atoms in total. The van der Waals surface area contributed by atoms with E-state index in [9.17, 15) is 9.59 Å². The Morgan fingerprint density at radius 2 is 1.71 bits per heavy atom. The summed E-state index contributed by atoms with van der Waals surface area (Å²) in [6.45, 7) is 8.80. The molecular formula is C18H29ClN2O3. The number of benzene rings is 1. The maximum atomic E-state index is 11.8. The van der Waals surface area contributed by atoms with E-state index in [-0.39, 0.29) is 36.4 Å². The molecule has 0 spiro atoms. The van der Waals surface area contributed by atoms with Crippen molar-refractivity contribution in [3.63, 3.8) is 0 Å². The molecule has 0 aliphatic carbocycles. The van der Waals surface area contributed by atoms with E-state index in [1.54, 1.807) is 24.3 Å². The van der Waals surface area contributed by atoms with E-state index in [0.29, 0.717) is 17.9 Å². The summed E-state index contributed by atoms with van der Waals surface area (Å²) < 4.78 is 5.19. The molecule has 0 bridgehead atoms. The van der Waals surface area contributed by atoms with Gasteiger partial charge in [-0.05, 0) is 51.5 Å². The van der Waals surface area contributed by atoms with Crippen molar-refractivity contribution < 1.29 is 14.3 Å². The largest absolute Gasteiger partial charge is 0.462 e. The SMILES string of the molecule is CCCCCOC(=O)c1ccc(NC(=O)CNC(C)(C)C)cc1.Cl. The van der Waals surface area contributed by atoms with E-state index in [4.69, 9.17) is 4.74 Å². The highest BCUT2D eigenvalue weighted by Crippen LogP contribution is 2.11. The van der Waals surface area contributed by atoms with Crippen molar-refractivity contribution in [3.05, 3.63) is 29.8 Å². The van der Waals surface area contributed by atoms with Crippen molar-refractivity contribution in [2.45, 2.75) is 52.5 Å². The number of nitrogens with one attached hydrogen (secondary N) is 2. The van der Waals surface area contributed by atoms with Crippen LogP contribution in [0.2, 0.25) is 0 Å². The molecule has 0 saturated carbocycles. The van der Waals surface area contributed by atoms with E-state index in [0.717, 1.165) is 19.3 Å². The predicted molar refractivity (Wildman–Crippen MR) is 99.9 cm³/mol. The summed E-state index contributed by atoms with van der Waals surface area (Å²) >= 11 is 0. The minimum absolute atomic E-state index is 0. The quantitative estimate of drug-likeness (QED) is 0.549. The highest BCUT2D eigenvalue weighted by atomic mass is 35.5. The third-order valence-electron chi connectivity index (χ3n) is 3.16. The van der Waals surface area contributed by atoms with Crippen LogP contribution in [0.5, 0.6) is 0 Å². The molecule has 0 fully saturated rings. The van der Waals surface area contributed by atoms with Gasteiger partial charge in [0.1, 0.15) is 0 Å². The van der Waals surface area contributed by atoms with Gasteiger partial charge in [-0.15, -0.1) is 12.4 Å². The van der Waals surface area contributed by atoms with Crippen LogP contribution >= 0.6 is 12.4 Å². The van der Waals surface area contributed by atoms with E-state index in [2.05, 4.69) is 17.6 Å². The Kier molecular flexibility index (Phi) is 10.3. The van der Waals surface area contributed by atoms with Crippen LogP contribution in [0.15, 0.2) is 24.3 Å². The molecule has 24 heavy (non-hydrogen) atoms. The Bertz CT molecular complexity index is 510. The Hall–Kier alpha value is -1.59. The molecule has 0 aromatic heterocycles. The number of halogens is 1. The summed E-state index contributed by atoms with van der Waals surface area (Å²) in [5, 5.41) is 5.91. The lowest BCUT2D eigenvalue weighted by atomic mass is 10.1. The standard InChI is InChI=1S/C18H28N2O3.ClH/c1-5-6-7-12-23-17(22)14-8-10-15(11-9-14)20-16(21)13-19-18(2,3)4;/h8-11,19H,5-7,12-13H2,1-4H3,(H,20,21);1H. The van der Waals surface area contributed by atoms with Gasteiger partial charge in [0.05, 0.1) is 18.7 Å². The third kappa shape index (κ3) is 9.53. The van der Waals surface area contributed by atoms with Gasteiger partial charge >= 0.3 is 5.97 Å².